The number of benzene rings is 1. The third kappa shape index (κ3) is 3.92. The molecule has 1 saturated heterocycles. The minimum Gasteiger partial charge on any atom is -0.481 e. The molecular weight excluding hydrogens is 435 g/mol. The Labute approximate surface area is 188 Å². The summed E-state index contributed by atoms with van der Waals surface area (Å²) in [6.45, 7) is 4.95. The van der Waals surface area contributed by atoms with Gasteiger partial charge >= 0.3 is 6.18 Å². The lowest BCUT2D eigenvalue weighted by atomic mass is 10.0. The van der Waals surface area contributed by atoms with Gasteiger partial charge in [-0.15, -0.1) is 0 Å². The van der Waals surface area contributed by atoms with Gasteiger partial charge in [0.05, 0.1) is 37.3 Å². The van der Waals surface area contributed by atoms with Crippen LogP contribution in [-0.4, -0.2) is 35.3 Å². The number of pyridine rings is 1. The maximum atomic E-state index is 13.3. The molecule has 3 heterocycles. The molecule has 1 aliphatic heterocycles. The minimum absolute atomic E-state index is 0.0494. The summed E-state index contributed by atoms with van der Waals surface area (Å²) in [5, 5.41) is 3.93. The first-order chi connectivity index (χ1) is 15.7. The average molecular weight is 459 g/mol. The highest BCUT2D eigenvalue weighted by Crippen LogP contribution is 2.59. The number of aryl methyl sites for hydroxylation is 1. The van der Waals surface area contributed by atoms with E-state index in [1.807, 2.05) is 6.07 Å². The number of hydrogen-bond acceptors (Lipinski definition) is 7. The van der Waals surface area contributed by atoms with Gasteiger partial charge in [0.25, 0.3) is 0 Å². The molecule has 174 valence electrons. The summed E-state index contributed by atoms with van der Waals surface area (Å²) in [4.78, 5) is 13.6. The van der Waals surface area contributed by atoms with Crippen LogP contribution in [0.25, 0.3) is 11.0 Å². The van der Waals surface area contributed by atoms with Gasteiger partial charge in [0.15, 0.2) is 5.65 Å². The second kappa shape index (κ2) is 7.72. The van der Waals surface area contributed by atoms with Crippen LogP contribution in [0.15, 0.2) is 24.3 Å². The molecule has 0 radical (unpaired) electrons. The first-order valence-electron chi connectivity index (χ1n) is 10.7. The highest BCUT2D eigenvalue weighted by Gasteiger charge is 2.55. The number of methoxy groups -OCH3 is 1. The summed E-state index contributed by atoms with van der Waals surface area (Å²) in [5.74, 6) is 2.73. The number of nitrogens with one attached hydrogen (secondary N) is 1. The highest BCUT2D eigenvalue weighted by atomic mass is 19.4. The van der Waals surface area contributed by atoms with Crippen molar-refractivity contribution in [2.45, 2.75) is 32.0 Å². The summed E-state index contributed by atoms with van der Waals surface area (Å²) in [6, 6.07) is 5.05. The van der Waals surface area contributed by atoms with Crippen LogP contribution < -0.4 is 15.8 Å². The van der Waals surface area contributed by atoms with E-state index in [0.29, 0.717) is 51.9 Å². The topological polar surface area (TPSA) is 95.2 Å². The Balaban J connectivity index is 1.53. The zero-order valence-corrected chi connectivity index (χ0v) is 18.4. The molecule has 33 heavy (non-hydrogen) atoms. The Hall–Kier alpha value is -3.14. The van der Waals surface area contributed by atoms with Crippen molar-refractivity contribution in [2.75, 3.05) is 31.4 Å². The van der Waals surface area contributed by atoms with Crippen LogP contribution in [0.1, 0.15) is 41.4 Å². The molecule has 2 aliphatic rings. The van der Waals surface area contributed by atoms with Gasteiger partial charge in [0.1, 0.15) is 11.6 Å². The zero-order valence-electron chi connectivity index (χ0n) is 18.4. The molecule has 3 N–H and O–H groups in total. The Morgan fingerprint density at radius 2 is 1.85 bits per heavy atom. The van der Waals surface area contributed by atoms with Crippen LogP contribution in [0.5, 0.6) is 5.88 Å². The fourth-order valence-electron chi connectivity index (χ4n) is 4.75. The fraction of sp³-hybridized carbons (Fsp3) is 0.435. The van der Waals surface area contributed by atoms with E-state index in [-0.39, 0.29) is 5.69 Å². The number of halogens is 3. The van der Waals surface area contributed by atoms with Gasteiger partial charge in [0, 0.05) is 11.3 Å². The number of rotatable bonds is 5. The molecule has 1 aliphatic carbocycles. The van der Waals surface area contributed by atoms with Gasteiger partial charge in [-0.3, -0.25) is 0 Å². The van der Waals surface area contributed by atoms with Gasteiger partial charge in [-0.05, 0) is 61.4 Å². The van der Waals surface area contributed by atoms with E-state index in [4.69, 9.17) is 15.2 Å². The van der Waals surface area contributed by atoms with E-state index in [2.05, 4.69) is 20.3 Å². The molecule has 3 atom stereocenters. The number of fused-ring (bicyclic) bond motifs is 2. The van der Waals surface area contributed by atoms with E-state index < -0.39 is 17.8 Å². The van der Waals surface area contributed by atoms with E-state index >= 15 is 0 Å². The third-order valence-corrected chi connectivity index (χ3v) is 6.45. The molecule has 0 amide bonds. The second-order valence-electron chi connectivity index (χ2n) is 8.72. The molecule has 7 nitrogen and oxygen atoms in total. The van der Waals surface area contributed by atoms with Gasteiger partial charge in [-0.1, -0.05) is 0 Å². The number of aromatic nitrogens is 3. The SMILES string of the molecule is COc1nc2nc(C)nc(N[C@H](C)c3cc(N)cc(C(F)(F)F)c3)c2cc1C1C2COCC21. The van der Waals surface area contributed by atoms with Crippen LogP contribution in [0.3, 0.4) is 0 Å². The number of nitrogens with zero attached hydrogens (tertiary/aromatic N) is 3. The molecule has 2 fully saturated rings. The van der Waals surface area contributed by atoms with Gasteiger partial charge < -0.3 is 20.5 Å². The van der Waals surface area contributed by atoms with E-state index in [1.165, 1.54) is 6.07 Å². The Morgan fingerprint density at radius 3 is 2.52 bits per heavy atom. The van der Waals surface area contributed by atoms with E-state index in [0.717, 1.165) is 30.9 Å². The maximum Gasteiger partial charge on any atom is 0.416 e. The smallest absolute Gasteiger partial charge is 0.416 e. The molecule has 5 rings (SSSR count). The van der Waals surface area contributed by atoms with Gasteiger partial charge in [0.2, 0.25) is 5.88 Å². The molecule has 10 heteroatoms. The number of ether oxygens (including phenoxy) is 2. The molecule has 2 unspecified atom stereocenters. The van der Waals surface area contributed by atoms with Crippen molar-refractivity contribution in [3.8, 4) is 5.88 Å². The van der Waals surface area contributed by atoms with Crippen molar-refractivity contribution < 1.29 is 22.6 Å². The molecule has 3 aromatic rings. The molecule has 0 spiro atoms. The first kappa shape index (κ1) is 21.7. The highest BCUT2D eigenvalue weighted by molar-refractivity contribution is 5.88. The van der Waals surface area contributed by atoms with Crippen LogP contribution in [0.4, 0.5) is 24.7 Å². The van der Waals surface area contributed by atoms with Crippen LogP contribution in [0, 0.1) is 18.8 Å². The van der Waals surface area contributed by atoms with Crippen LogP contribution in [0.2, 0.25) is 0 Å². The predicted molar refractivity (Wildman–Crippen MR) is 117 cm³/mol. The Bertz CT molecular complexity index is 1220. The molecule has 0 bridgehead atoms. The second-order valence-corrected chi connectivity index (χ2v) is 8.72. The molecular formula is C23H24F3N5O2. The normalized spacial score (nSPS) is 22.8. The largest absolute Gasteiger partial charge is 0.481 e. The Morgan fingerprint density at radius 1 is 1.12 bits per heavy atom. The predicted octanol–water partition coefficient (Wildman–Crippen LogP) is 4.48. The summed E-state index contributed by atoms with van der Waals surface area (Å²) >= 11 is 0. The lowest BCUT2D eigenvalue weighted by molar-refractivity contribution is -0.137. The number of alkyl halides is 3. The number of anilines is 2. The zero-order chi connectivity index (χ0) is 23.5. The van der Waals surface area contributed by atoms with Crippen molar-refractivity contribution in [2.24, 2.45) is 11.8 Å². The van der Waals surface area contributed by atoms with E-state index in [9.17, 15) is 13.2 Å². The lowest BCUT2D eigenvalue weighted by Gasteiger charge is -2.19. The van der Waals surface area contributed by atoms with Crippen molar-refractivity contribution >= 4 is 22.5 Å². The monoisotopic (exact) mass is 459 g/mol. The summed E-state index contributed by atoms with van der Waals surface area (Å²) in [6.07, 6.45) is -4.48. The number of nitrogens with two attached hydrogens (primary N) is 1. The fourth-order valence-corrected chi connectivity index (χ4v) is 4.75. The van der Waals surface area contributed by atoms with Gasteiger partial charge in [-0.25, -0.2) is 9.97 Å². The quantitative estimate of drug-likeness (QED) is 0.544. The summed E-state index contributed by atoms with van der Waals surface area (Å²) in [7, 11) is 1.58. The summed E-state index contributed by atoms with van der Waals surface area (Å²) < 4.78 is 50.9. The van der Waals surface area contributed by atoms with Crippen molar-refractivity contribution in [1.82, 2.24) is 15.0 Å². The van der Waals surface area contributed by atoms with Gasteiger partial charge in [-0.2, -0.15) is 18.2 Å². The van der Waals surface area contributed by atoms with E-state index in [1.54, 1.807) is 21.0 Å². The van der Waals surface area contributed by atoms with Crippen LogP contribution >= 0.6 is 0 Å². The average Bonchev–Trinajstić information content (AvgIpc) is 3.21. The molecule has 2 aromatic heterocycles. The van der Waals surface area contributed by atoms with Crippen molar-refractivity contribution in [3.63, 3.8) is 0 Å². The lowest BCUT2D eigenvalue weighted by Crippen LogP contribution is -2.13. The molecule has 1 saturated carbocycles. The number of hydrogen-bond donors (Lipinski definition) is 2. The van der Waals surface area contributed by atoms with Crippen LogP contribution in [-0.2, 0) is 10.9 Å². The van der Waals surface area contributed by atoms with Crippen molar-refractivity contribution in [1.29, 1.82) is 0 Å². The number of nitrogen functional groups attached to an aromatic ring is 1. The Kier molecular flexibility index (Phi) is 5.08. The van der Waals surface area contributed by atoms with Crippen molar-refractivity contribution in [3.05, 3.63) is 46.8 Å². The maximum absolute atomic E-state index is 13.3. The third-order valence-electron chi connectivity index (χ3n) is 6.45. The minimum atomic E-state index is -4.48. The standard InChI is InChI=1S/C23H24F3N5O2/c1-10(12-4-13(23(24,25)26)6-14(27)5-12)28-20-16-7-15(19-17-8-33-9-18(17)19)22(32-3)31-21(16)30-11(2)29-20/h4-7,10,17-19H,8-9,27H2,1-3H3,(H,28,29,30,31)/t10-,17?,18?,19?/m1/s1. The molecule has 1 aromatic carbocycles. The first-order valence-corrected chi connectivity index (χ1v) is 10.7. The summed E-state index contributed by atoms with van der Waals surface area (Å²) in [5.41, 5.74) is 6.86.